The summed E-state index contributed by atoms with van der Waals surface area (Å²) in [5.74, 6) is -0.276. The molecule has 0 aromatic rings. The van der Waals surface area contributed by atoms with Crippen molar-refractivity contribution in [1.29, 1.82) is 0 Å². The molecule has 1 atom stereocenters. The molecule has 0 heterocycles. The largest absolute Gasteiger partial charge is 0.481 e. The molecule has 2 amide bonds. The molecule has 0 rings (SSSR count). The van der Waals surface area contributed by atoms with Crippen molar-refractivity contribution in [3.63, 3.8) is 0 Å². The highest BCUT2D eigenvalue weighted by molar-refractivity contribution is 5.75. The summed E-state index contributed by atoms with van der Waals surface area (Å²) < 4.78 is 0. The summed E-state index contributed by atoms with van der Waals surface area (Å²) in [6.07, 6.45) is 1.55. The number of carboxylic acids is 1. The summed E-state index contributed by atoms with van der Waals surface area (Å²) in [4.78, 5) is 26.6. The third-order valence-electron chi connectivity index (χ3n) is 3.43. The first-order valence-corrected chi connectivity index (χ1v) is 7.42. The van der Waals surface area contributed by atoms with Gasteiger partial charge in [-0.05, 0) is 39.5 Å². The second-order valence-corrected chi connectivity index (χ2v) is 6.16. The van der Waals surface area contributed by atoms with Gasteiger partial charge >= 0.3 is 12.0 Å². The Bertz CT molecular complexity index is 316. The van der Waals surface area contributed by atoms with Crippen LogP contribution >= 0.6 is 0 Å². The molecule has 0 fully saturated rings. The van der Waals surface area contributed by atoms with Crippen molar-refractivity contribution in [2.75, 3.05) is 13.6 Å². The zero-order valence-corrected chi connectivity index (χ0v) is 13.7. The lowest BCUT2D eigenvalue weighted by Crippen LogP contribution is -2.48. The van der Waals surface area contributed by atoms with Crippen molar-refractivity contribution in [2.24, 2.45) is 5.92 Å². The van der Waals surface area contributed by atoms with Gasteiger partial charge in [-0.2, -0.15) is 0 Å². The summed E-state index contributed by atoms with van der Waals surface area (Å²) in [5.41, 5.74) is 0. The van der Waals surface area contributed by atoms with E-state index in [1.54, 1.807) is 9.80 Å². The van der Waals surface area contributed by atoms with E-state index in [1.165, 1.54) is 0 Å². The Kier molecular flexibility index (Phi) is 8.26. The van der Waals surface area contributed by atoms with Crippen molar-refractivity contribution in [3.8, 4) is 0 Å². The first-order chi connectivity index (χ1) is 9.16. The molecule has 0 spiro atoms. The minimum atomic E-state index is -0.817. The molecule has 0 aromatic carbocycles. The van der Waals surface area contributed by atoms with Gasteiger partial charge in [0.2, 0.25) is 0 Å². The second kappa shape index (κ2) is 8.82. The molecule has 0 bridgehead atoms. The minimum Gasteiger partial charge on any atom is -0.481 e. The van der Waals surface area contributed by atoms with E-state index < -0.39 is 5.97 Å². The fourth-order valence-electron chi connectivity index (χ4n) is 2.21. The fourth-order valence-corrected chi connectivity index (χ4v) is 2.21. The van der Waals surface area contributed by atoms with Crippen LogP contribution in [0.4, 0.5) is 4.79 Å². The molecular formula is C15H30N2O3. The second-order valence-electron chi connectivity index (χ2n) is 6.16. The molecule has 5 nitrogen and oxygen atoms in total. The predicted octanol–water partition coefficient (Wildman–Crippen LogP) is 3.05. The molecule has 1 N–H and O–H groups in total. The number of urea groups is 1. The average Bonchev–Trinajstić information content (AvgIpc) is 2.31. The van der Waals surface area contributed by atoms with E-state index in [0.29, 0.717) is 18.9 Å². The number of carbonyl (C=O) groups is 2. The normalized spacial score (nSPS) is 12.6. The first-order valence-electron chi connectivity index (χ1n) is 7.42. The molecule has 118 valence electrons. The van der Waals surface area contributed by atoms with E-state index >= 15 is 0 Å². The Balaban J connectivity index is 4.58. The molecule has 0 aliphatic carbocycles. The van der Waals surface area contributed by atoms with Gasteiger partial charge in [0.1, 0.15) is 0 Å². The molecule has 0 radical (unpaired) electrons. The van der Waals surface area contributed by atoms with Crippen LogP contribution < -0.4 is 0 Å². The zero-order valence-electron chi connectivity index (χ0n) is 13.7. The molecule has 0 aliphatic rings. The number of carbonyl (C=O) groups excluding carboxylic acids is 1. The van der Waals surface area contributed by atoms with Crippen LogP contribution in [-0.2, 0) is 4.79 Å². The smallest absolute Gasteiger partial charge is 0.320 e. The summed E-state index contributed by atoms with van der Waals surface area (Å²) in [6.45, 7) is 10.7. The maximum absolute atomic E-state index is 12.5. The molecular weight excluding hydrogens is 256 g/mol. The van der Waals surface area contributed by atoms with Gasteiger partial charge in [0, 0.05) is 32.1 Å². The summed E-state index contributed by atoms with van der Waals surface area (Å²) >= 11 is 0. The van der Waals surface area contributed by atoms with Crippen LogP contribution in [0, 0.1) is 5.92 Å². The summed E-state index contributed by atoms with van der Waals surface area (Å²) in [5, 5.41) is 8.69. The number of nitrogens with zero attached hydrogens (tertiary/aromatic N) is 2. The van der Waals surface area contributed by atoms with Gasteiger partial charge in [-0.15, -0.1) is 0 Å². The number of carboxylic acid groups (broad SMARTS) is 1. The number of hydrogen-bond acceptors (Lipinski definition) is 2. The van der Waals surface area contributed by atoms with E-state index in [1.807, 2.05) is 27.8 Å². The van der Waals surface area contributed by atoms with Crippen molar-refractivity contribution in [1.82, 2.24) is 9.80 Å². The molecule has 5 heteroatoms. The number of hydrogen-bond donors (Lipinski definition) is 1. The quantitative estimate of drug-likeness (QED) is 0.746. The first kappa shape index (κ1) is 18.7. The molecule has 0 saturated carbocycles. The minimum absolute atomic E-state index is 0.0152. The number of amides is 2. The Morgan fingerprint density at radius 3 is 2.05 bits per heavy atom. The Morgan fingerprint density at radius 1 is 1.10 bits per heavy atom. The Morgan fingerprint density at radius 2 is 1.65 bits per heavy atom. The topological polar surface area (TPSA) is 60.9 Å². The third kappa shape index (κ3) is 6.78. The lowest BCUT2D eigenvalue weighted by atomic mass is 10.0. The highest BCUT2D eigenvalue weighted by Gasteiger charge is 2.24. The van der Waals surface area contributed by atoms with Crippen LogP contribution in [0.3, 0.4) is 0 Å². The van der Waals surface area contributed by atoms with E-state index in [4.69, 9.17) is 5.11 Å². The van der Waals surface area contributed by atoms with Gasteiger partial charge in [-0.3, -0.25) is 4.79 Å². The van der Waals surface area contributed by atoms with Crippen molar-refractivity contribution in [2.45, 2.75) is 66.0 Å². The fraction of sp³-hybridized carbons (Fsp3) is 0.867. The van der Waals surface area contributed by atoms with Gasteiger partial charge in [-0.1, -0.05) is 13.8 Å². The van der Waals surface area contributed by atoms with Crippen LogP contribution in [0.25, 0.3) is 0 Å². The third-order valence-corrected chi connectivity index (χ3v) is 3.43. The molecule has 20 heavy (non-hydrogen) atoms. The van der Waals surface area contributed by atoms with Crippen LogP contribution in [0.5, 0.6) is 0 Å². The van der Waals surface area contributed by atoms with Crippen molar-refractivity contribution < 1.29 is 14.7 Å². The Labute approximate surface area is 122 Å². The monoisotopic (exact) mass is 286 g/mol. The summed E-state index contributed by atoms with van der Waals surface area (Å²) in [7, 11) is 1.82. The standard InChI is InChI=1S/C15H30N2O3/c1-11(2)10-13(5)16(6)15(20)17(12(3)4)9-7-8-14(18)19/h11-13H,7-10H2,1-6H3,(H,18,19). The highest BCUT2D eigenvalue weighted by atomic mass is 16.4. The molecule has 0 aliphatic heterocycles. The molecule has 0 aromatic heterocycles. The lowest BCUT2D eigenvalue weighted by Gasteiger charge is -2.35. The van der Waals surface area contributed by atoms with Gasteiger partial charge < -0.3 is 14.9 Å². The lowest BCUT2D eigenvalue weighted by molar-refractivity contribution is -0.137. The highest BCUT2D eigenvalue weighted by Crippen LogP contribution is 2.13. The average molecular weight is 286 g/mol. The van der Waals surface area contributed by atoms with E-state index in [0.717, 1.165) is 6.42 Å². The maximum Gasteiger partial charge on any atom is 0.320 e. The van der Waals surface area contributed by atoms with Crippen molar-refractivity contribution in [3.05, 3.63) is 0 Å². The number of rotatable bonds is 8. The van der Waals surface area contributed by atoms with Gasteiger partial charge in [-0.25, -0.2) is 4.79 Å². The Hall–Kier alpha value is -1.26. The van der Waals surface area contributed by atoms with Gasteiger partial charge in [0.15, 0.2) is 0 Å². The maximum atomic E-state index is 12.5. The van der Waals surface area contributed by atoms with Gasteiger partial charge in [0.25, 0.3) is 0 Å². The predicted molar refractivity (Wildman–Crippen MR) is 80.8 cm³/mol. The van der Waals surface area contributed by atoms with E-state index in [9.17, 15) is 9.59 Å². The SMILES string of the molecule is CC(C)CC(C)N(C)C(=O)N(CCCC(=O)O)C(C)C. The molecule has 1 unspecified atom stereocenters. The van der Waals surface area contributed by atoms with Crippen LogP contribution in [0.15, 0.2) is 0 Å². The van der Waals surface area contributed by atoms with Crippen LogP contribution in [0.2, 0.25) is 0 Å². The molecule has 0 saturated heterocycles. The van der Waals surface area contributed by atoms with E-state index in [2.05, 4.69) is 13.8 Å². The van der Waals surface area contributed by atoms with Crippen LogP contribution in [-0.4, -0.2) is 52.6 Å². The van der Waals surface area contributed by atoms with Crippen LogP contribution in [0.1, 0.15) is 53.9 Å². The summed E-state index contributed by atoms with van der Waals surface area (Å²) in [6, 6.07) is 0.242. The van der Waals surface area contributed by atoms with Gasteiger partial charge in [0.05, 0.1) is 0 Å². The zero-order chi connectivity index (χ0) is 15.9. The van der Waals surface area contributed by atoms with Crippen molar-refractivity contribution >= 4 is 12.0 Å². The van der Waals surface area contributed by atoms with E-state index in [-0.39, 0.29) is 24.5 Å². The number of aliphatic carboxylic acids is 1.